The van der Waals surface area contributed by atoms with Crippen molar-refractivity contribution in [2.24, 2.45) is 5.10 Å². The number of carbonyl (C=O) groups is 1. The summed E-state index contributed by atoms with van der Waals surface area (Å²) in [6, 6.07) is 7.58. The van der Waals surface area contributed by atoms with Crippen molar-refractivity contribution in [1.82, 2.24) is 30.7 Å². The molecule has 0 fully saturated rings. The lowest BCUT2D eigenvalue weighted by molar-refractivity contribution is 0.0948. The van der Waals surface area contributed by atoms with Crippen LogP contribution in [0.1, 0.15) is 48.4 Å². The number of rotatable bonds is 5. The predicted octanol–water partition coefficient (Wildman–Crippen LogP) is 2.27. The van der Waals surface area contributed by atoms with Crippen molar-refractivity contribution in [2.45, 2.75) is 26.7 Å². The quantitative estimate of drug-likeness (QED) is 0.465. The number of aromatic nitrogens is 5. The molecular formula is C16H17BrN8O2. The number of nitrogens with zero attached hydrogens (tertiary/aromatic N) is 6. The Morgan fingerprint density at radius 2 is 2.00 bits per heavy atom. The van der Waals surface area contributed by atoms with Gasteiger partial charge in [0.1, 0.15) is 0 Å². The third-order valence-corrected chi connectivity index (χ3v) is 4.28. The molecule has 27 heavy (non-hydrogen) atoms. The van der Waals surface area contributed by atoms with Crippen LogP contribution in [0.5, 0.6) is 0 Å². The van der Waals surface area contributed by atoms with Gasteiger partial charge >= 0.3 is 0 Å². The van der Waals surface area contributed by atoms with Crippen molar-refractivity contribution in [1.29, 1.82) is 0 Å². The van der Waals surface area contributed by atoms with E-state index in [0.29, 0.717) is 11.4 Å². The van der Waals surface area contributed by atoms with Crippen LogP contribution in [0, 0.1) is 0 Å². The largest absolute Gasteiger partial charge is 0.378 e. The fourth-order valence-corrected chi connectivity index (χ4v) is 2.67. The van der Waals surface area contributed by atoms with Gasteiger partial charge in [0, 0.05) is 4.47 Å². The van der Waals surface area contributed by atoms with Crippen LogP contribution in [0.15, 0.2) is 38.5 Å². The summed E-state index contributed by atoms with van der Waals surface area (Å²) >= 11 is 3.38. The second-order valence-corrected chi connectivity index (χ2v) is 6.92. The van der Waals surface area contributed by atoms with Crippen LogP contribution in [-0.4, -0.2) is 36.9 Å². The van der Waals surface area contributed by atoms with Gasteiger partial charge in [0.25, 0.3) is 5.91 Å². The van der Waals surface area contributed by atoms with Gasteiger partial charge in [-0.1, -0.05) is 47.1 Å². The Labute approximate surface area is 162 Å². The molecular weight excluding hydrogens is 416 g/mol. The van der Waals surface area contributed by atoms with E-state index in [1.54, 1.807) is 6.92 Å². The minimum atomic E-state index is -0.489. The molecule has 0 spiro atoms. The number of hydrogen-bond donors (Lipinski definition) is 2. The van der Waals surface area contributed by atoms with Gasteiger partial charge in [0.15, 0.2) is 5.69 Å². The Bertz CT molecular complexity index is 990. The van der Waals surface area contributed by atoms with Crippen molar-refractivity contribution < 1.29 is 9.42 Å². The number of hydrazone groups is 1. The van der Waals surface area contributed by atoms with Gasteiger partial charge in [0.2, 0.25) is 11.6 Å². The lowest BCUT2D eigenvalue weighted by atomic mass is 10.1. The lowest BCUT2D eigenvalue weighted by Gasteiger charge is -2.08. The Morgan fingerprint density at radius 1 is 1.30 bits per heavy atom. The van der Waals surface area contributed by atoms with E-state index in [-0.39, 0.29) is 23.2 Å². The third kappa shape index (κ3) is 3.87. The Hall–Kier alpha value is -3.08. The normalized spacial score (nSPS) is 11.8. The maximum atomic E-state index is 12.6. The first-order valence-electron chi connectivity index (χ1n) is 8.03. The first-order valence-corrected chi connectivity index (χ1v) is 8.82. The zero-order valence-electron chi connectivity index (χ0n) is 14.8. The number of hydrogen-bond acceptors (Lipinski definition) is 8. The molecule has 1 amide bonds. The zero-order chi connectivity index (χ0) is 19.6. The highest BCUT2D eigenvalue weighted by atomic mass is 79.9. The molecule has 1 aromatic carbocycles. The van der Waals surface area contributed by atoms with Gasteiger partial charge in [-0.05, 0) is 40.9 Å². The van der Waals surface area contributed by atoms with E-state index in [0.717, 1.165) is 10.0 Å². The molecule has 3 N–H and O–H groups in total. The fourth-order valence-electron chi connectivity index (χ4n) is 2.41. The monoisotopic (exact) mass is 432 g/mol. The number of anilines is 1. The molecule has 0 aliphatic rings. The summed E-state index contributed by atoms with van der Waals surface area (Å²) in [7, 11) is 0. The fraction of sp³-hybridized carbons (Fsp3) is 0.250. The van der Waals surface area contributed by atoms with Crippen LogP contribution in [-0.2, 0) is 0 Å². The topological polar surface area (TPSA) is 137 Å². The van der Waals surface area contributed by atoms with Gasteiger partial charge in [-0.3, -0.25) is 4.79 Å². The summed E-state index contributed by atoms with van der Waals surface area (Å²) in [5.41, 5.74) is 10.4. The van der Waals surface area contributed by atoms with Gasteiger partial charge < -0.3 is 5.73 Å². The van der Waals surface area contributed by atoms with E-state index in [9.17, 15) is 4.79 Å². The first kappa shape index (κ1) is 18.7. The van der Waals surface area contributed by atoms with E-state index in [2.05, 4.69) is 51.7 Å². The van der Waals surface area contributed by atoms with E-state index in [1.807, 2.05) is 38.1 Å². The number of nitrogens with two attached hydrogens (primary N) is 1. The van der Waals surface area contributed by atoms with Crippen molar-refractivity contribution in [3.05, 3.63) is 45.7 Å². The molecule has 3 aromatic rings. The maximum absolute atomic E-state index is 12.6. The molecule has 0 atom stereocenters. The van der Waals surface area contributed by atoms with Gasteiger partial charge in [-0.2, -0.15) is 9.78 Å². The highest BCUT2D eigenvalue weighted by Gasteiger charge is 2.25. The predicted molar refractivity (Wildman–Crippen MR) is 102 cm³/mol. The van der Waals surface area contributed by atoms with E-state index in [1.165, 1.54) is 4.68 Å². The minimum absolute atomic E-state index is 0.0536. The van der Waals surface area contributed by atoms with Crippen LogP contribution in [0.25, 0.3) is 5.82 Å². The number of benzene rings is 1. The molecule has 0 saturated carbocycles. The smallest absolute Gasteiger partial charge is 0.293 e. The number of nitrogens with one attached hydrogen (secondary N) is 1. The molecule has 0 aliphatic heterocycles. The van der Waals surface area contributed by atoms with Gasteiger partial charge in [-0.15, -0.1) is 5.10 Å². The highest BCUT2D eigenvalue weighted by molar-refractivity contribution is 9.10. The highest BCUT2D eigenvalue weighted by Crippen LogP contribution is 2.22. The summed E-state index contributed by atoms with van der Waals surface area (Å²) < 4.78 is 6.91. The van der Waals surface area contributed by atoms with Crippen molar-refractivity contribution in [3.8, 4) is 5.82 Å². The first-order chi connectivity index (χ1) is 12.9. The second-order valence-electron chi connectivity index (χ2n) is 6.01. The van der Waals surface area contributed by atoms with Crippen LogP contribution < -0.4 is 11.2 Å². The standard InChI is InChI=1S/C16H17BrN8O2/c1-8(2)13-12(20-24-25(13)15-14(18)22-27-23-15)16(26)21-19-9(3)10-4-6-11(17)7-5-10/h4-8H,1-3H3,(H2,18,22)(H,21,26)/b19-9-. The summed E-state index contributed by atoms with van der Waals surface area (Å²) in [6.07, 6.45) is 0. The summed E-state index contributed by atoms with van der Waals surface area (Å²) in [5, 5.41) is 19.3. The minimum Gasteiger partial charge on any atom is -0.378 e. The molecule has 0 bridgehead atoms. The molecule has 2 aromatic heterocycles. The lowest BCUT2D eigenvalue weighted by Crippen LogP contribution is -2.22. The molecule has 0 unspecified atom stereocenters. The summed E-state index contributed by atoms with van der Waals surface area (Å²) in [5.74, 6) is -0.345. The second kappa shape index (κ2) is 7.66. The van der Waals surface area contributed by atoms with E-state index < -0.39 is 5.91 Å². The van der Waals surface area contributed by atoms with Crippen LogP contribution in [0.2, 0.25) is 0 Å². The van der Waals surface area contributed by atoms with E-state index >= 15 is 0 Å². The van der Waals surface area contributed by atoms with Gasteiger partial charge in [-0.25, -0.2) is 10.1 Å². The Kier molecular flexibility index (Phi) is 5.31. The number of carbonyl (C=O) groups excluding carboxylic acids is 1. The van der Waals surface area contributed by atoms with Crippen molar-refractivity contribution in [3.63, 3.8) is 0 Å². The van der Waals surface area contributed by atoms with Gasteiger partial charge in [0.05, 0.1) is 11.4 Å². The molecule has 0 aliphatic carbocycles. The van der Waals surface area contributed by atoms with Crippen molar-refractivity contribution >= 4 is 33.4 Å². The number of nitrogen functional groups attached to an aromatic ring is 1. The number of halogens is 1. The van der Waals surface area contributed by atoms with Crippen LogP contribution in [0.3, 0.4) is 0 Å². The zero-order valence-corrected chi connectivity index (χ0v) is 16.4. The number of amides is 1. The molecule has 3 rings (SSSR count). The van der Waals surface area contributed by atoms with Crippen LogP contribution >= 0.6 is 15.9 Å². The molecule has 10 nitrogen and oxygen atoms in total. The van der Waals surface area contributed by atoms with Crippen molar-refractivity contribution in [2.75, 3.05) is 5.73 Å². The average molecular weight is 433 g/mol. The molecule has 2 heterocycles. The molecule has 0 radical (unpaired) electrons. The Balaban J connectivity index is 1.87. The van der Waals surface area contributed by atoms with E-state index in [4.69, 9.17) is 5.73 Å². The summed E-state index contributed by atoms with van der Waals surface area (Å²) in [4.78, 5) is 12.6. The molecule has 140 valence electrons. The maximum Gasteiger partial charge on any atom is 0.293 e. The average Bonchev–Trinajstić information content (AvgIpc) is 3.25. The SMILES string of the molecule is C/C(=N/NC(=O)c1nnn(-c2nonc2N)c1C(C)C)c1ccc(Br)cc1. The Morgan fingerprint density at radius 3 is 2.59 bits per heavy atom. The summed E-state index contributed by atoms with van der Waals surface area (Å²) in [6.45, 7) is 5.59. The van der Waals surface area contributed by atoms with Crippen LogP contribution in [0.4, 0.5) is 5.82 Å². The molecule has 0 saturated heterocycles. The molecule has 11 heteroatoms. The third-order valence-electron chi connectivity index (χ3n) is 3.75.